The van der Waals surface area contributed by atoms with Crippen molar-refractivity contribution in [3.63, 3.8) is 0 Å². The Bertz CT molecular complexity index is 408. The van der Waals surface area contributed by atoms with E-state index in [4.69, 9.17) is 4.42 Å². The maximum atomic E-state index is 5.27. The van der Waals surface area contributed by atoms with Crippen molar-refractivity contribution in [3.8, 4) is 0 Å². The van der Waals surface area contributed by atoms with Crippen molar-refractivity contribution in [1.82, 2.24) is 9.97 Å². The highest BCUT2D eigenvalue weighted by Crippen LogP contribution is 2.16. The van der Waals surface area contributed by atoms with Crippen molar-refractivity contribution in [2.75, 3.05) is 5.32 Å². The molecule has 2 aromatic rings. The van der Waals surface area contributed by atoms with Gasteiger partial charge in [0, 0.05) is 12.4 Å². The van der Waals surface area contributed by atoms with Crippen LogP contribution in [-0.4, -0.2) is 9.97 Å². The monoisotopic (exact) mass is 203 g/mol. The first-order valence-corrected chi connectivity index (χ1v) is 4.84. The summed E-state index contributed by atoms with van der Waals surface area (Å²) in [7, 11) is 0. The lowest BCUT2D eigenvalue weighted by atomic mass is 10.2. The predicted molar refractivity (Wildman–Crippen MR) is 57.5 cm³/mol. The van der Waals surface area contributed by atoms with Crippen molar-refractivity contribution in [2.24, 2.45) is 0 Å². The van der Waals surface area contributed by atoms with Gasteiger partial charge in [0.25, 0.3) is 0 Å². The molecule has 0 aliphatic heterocycles. The molecule has 0 aliphatic carbocycles. The highest BCUT2D eigenvalue weighted by atomic mass is 16.3. The zero-order chi connectivity index (χ0) is 10.7. The summed E-state index contributed by atoms with van der Waals surface area (Å²) in [5.41, 5.74) is 1.05. The fraction of sp³-hybridized carbons (Fsp3) is 0.273. The van der Waals surface area contributed by atoms with Gasteiger partial charge in [-0.2, -0.15) is 0 Å². The van der Waals surface area contributed by atoms with Gasteiger partial charge in [-0.05, 0) is 31.5 Å². The van der Waals surface area contributed by atoms with E-state index in [0.29, 0.717) is 5.95 Å². The molecule has 0 aliphatic rings. The van der Waals surface area contributed by atoms with Gasteiger partial charge in [-0.1, -0.05) is 0 Å². The van der Waals surface area contributed by atoms with Crippen molar-refractivity contribution < 1.29 is 4.42 Å². The molecule has 1 atom stereocenters. The molecule has 4 heteroatoms. The van der Waals surface area contributed by atoms with Crippen molar-refractivity contribution >= 4 is 5.95 Å². The molecule has 2 rings (SSSR count). The molecule has 0 saturated carbocycles. The van der Waals surface area contributed by atoms with E-state index in [-0.39, 0.29) is 6.04 Å². The van der Waals surface area contributed by atoms with E-state index in [0.717, 1.165) is 11.3 Å². The Balaban J connectivity index is 2.06. The van der Waals surface area contributed by atoms with Gasteiger partial charge in [0.15, 0.2) is 0 Å². The van der Waals surface area contributed by atoms with Crippen LogP contribution in [0.1, 0.15) is 24.3 Å². The summed E-state index contributed by atoms with van der Waals surface area (Å²) in [6.07, 6.45) is 5.22. The SMILES string of the molecule is Cc1cnc(NC(C)c2ccco2)nc1. The summed E-state index contributed by atoms with van der Waals surface area (Å²) in [6.45, 7) is 3.96. The highest BCUT2D eigenvalue weighted by molar-refractivity contribution is 5.28. The summed E-state index contributed by atoms with van der Waals surface area (Å²) in [6, 6.07) is 3.86. The van der Waals surface area contributed by atoms with E-state index in [9.17, 15) is 0 Å². The number of anilines is 1. The molecule has 1 N–H and O–H groups in total. The smallest absolute Gasteiger partial charge is 0.223 e. The van der Waals surface area contributed by atoms with Crippen molar-refractivity contribution in [1.29, 1.82) is 0 Å². The van der Waals surface area contributed by atoms with E-state index in [1.54, 1.807) is 18.7 Å². The number of aryl methyl sites for hydroxylation is 1. The number of furan rings is 1. The maximum absolute atomic E-state index is 5.27. The molecule has 0 aromatic carbocycles. The van der Waals surface area contributed by atoms with Crippen molar-refractivity contribution in [2.45, 2.75) is 19.9 Å². The molecular weight excluding hydrogens is 190 g/mol. The number of hydrogen-bond donors (Lipinski definition) is 1. The van der Waals surface area contributed by atoms with Crippen LogP contribution in [-0.2, 0) is 0 Å². The lowest BCUT2D eigenvalue weighted by Gasteiger charge is -2.10. The molecule has 0 fully saturated rings. The van der Waals surface area contributed by atoms with E-state index < -0.39 is 0 Å². The summed E-state index contributed by atoms with van der Waals surface area (Å²) >= 11 is 0. The summed E-state index contributed by atoms with van der Waals surface area (Å²) in [5, 5.41) is 3.16. The van der Waals surface area contributed by atoms with E-state index >= 15 is 0 Å². The zero-order valence-corrected chi connectivity index (χ0v) is 8.77. The lowest BCUT2D eigenvalue weighted by Crippen LogP contribution is -2.08. The second-order valence-electron chi connectivity index (χ2n) is 3.47. The van der Waals surface area contributed by atoms with Gasteiger partial charge < -0.3 is 9.73 Å². The topological polar surface area (TPSA) is 51.0 Å². The number of hydrogen-bond acceptors (Lipinski definition) is 4. The molecule has 0 bridgehead atoms. The number of rotatable bonds is 3. The summed E-state index contributed by atoms with van der Waals surface area (Å²) < 4.78 is 5.27. The highest BCUT2D eigenvalue weighted by Gasteiger charge is 2.08. The van der Waals surface area contributed by atoms with Crippen LogP contribution in [0.3, 0.4) is 0 Å². The fourth-order valence-electron chi connectivity index (χ4n) is 1.27. The molecule has 2 aromatic heterocycles. The molecule has 78 valence electrons. The Kier molecular flexibility index (Phi) is 2.67. The van der Waals surface area contributed by atoms with Gasteiger partial charge in [-0.3, -0.25) is 0 Å². The van der Waals surface area contributed by atoms with Gasteiger partial charge in [0.2, 0.25) is 5.95 Å². The first-order chi connectivity index (χ1) is 7.25. The van der Waals surface area contributed by atoms with Crippen LogP contribution < -0.4 is 5.32 Å². The van der Waals surface area contributed by atoms with Gasteiger partial charge in [0.05, 0.1) is 12.3 Å². The fourth-order valence-corrected chi connectivity index (χ4v) is 1.27. The Hall–Kier alpha value is -1.84. The summed E-state index contributed by atoms with van der Waals surface area (Å²) in [5.74, 6) is 1.49. The molecule has 0 amide bonds. The van der Waals surface area contributed by atoms with E-state index in [1.165, 1.54) is 0 Å². The lowest BCUT2D eigenvalue weighted by molar-refractivity contribution is 0.489. The van der Waals surface area contributed by atoms with Gasteiger partial charge in [-0.25, -0.2) is 9.97 Å². The van der Waals surface area contributed by atoms with Gasteiger partial charge in [0.1, 0.15) is 5.76 Å². The predicted octanol–water partition coefficient (Wildman–Crippen LogP) is 2.55. The van der Waals surface area contributed by atoms with Gasteiger partial charge >= 0.3 is 0 Å². The van der Waals surface area contributed by atoms with Crippen LogP contribution in [0.15, 0.2) is 35.2 Å². The third kappa shape index (κ3) is 2.34. The van der Waals surface area contributed by atoms with E-state index in [1.807, 2.05) is 26.0 Å². The average Bonchev–Trinajstić information content (AvgIpc) is 2.74. The summed E-state index contributed by atoms with van der Waals surface area (Å²) in [4.78, 5) is 8.33. The number of aromatic nitrogens is 2. The Morgan fingerprint density at radius 1 is 1.33 bits per heavy atom. The van der Waals surface area contributed by atoms with Crippen molar-refractivity contribution in [3.05, 3.63) is 42.1 Å². The molecule has 4 nitrogen and oxygen atoms in total. The Morgan fingerprint density at radius 2 is 2.07 bits per heavy atom. The minimum Gasteiger partial charge on any atom is -0.467 e. The van der Waals surface area contributed by atoms with Crippen LogP contribution in [0, 0.1) is 6.92 Å². The molecular formula is C11H13N3O. The van der Waals surface area contributed by atoms with Crippen LogP contribution in [0.5, 0.6) is 0 Å². The third-order valence-corrected chi connectivity index (χ3v) is 2.10. The maximum Gasteiger partial charge on any atom is 0.223 e. The first-order valence-electron chi connectivity index (χ1n) is 4.84. The minimum absolute atomic E-state index is 0.0720. The number of nitrogens with one attached hydrogen (secondary N) is 1. The van der Waals surface area contributed by atoms with Gasteiger partial charge in [-0.15, -0.1) is 0 Å². The van der Waals surface area contributed by atoms with Crippen LogP contribution >= 0.6 is 0 Å². The third-order valence-electron chi connectivity index (χ3n) is 2.10. The largest absolute Gasteiger partial charge is 0.467 e. The number of nitrogens with zero attached hydrogens (tertiary/aromatic N) is 2. The minimum atomic E-state index is 0.0720. The second kappa shape index (κ2) is 4.13. The van der Waals surface area contributed by atoms with Crippen LogP contribution in [0.2, 0.25) is 0 Å². The molecule has 0 saturated heterocycles. The first kappa shape index (κ1) is 9.71. The molecule has 1 unspecified atom stereocenters. The second-order valence-corrected chi connectivity index (χ2v) is 3.47. The van der Waals surface area contributed by atoms with Crippen LogP contribution in [0.25, 0.3) is 0 Å². The molecule has 0 radical (unpaired) electrons. The molecule has 0 spiro atoms. The Morgan fingerprint density at radius 3 is 2.67 bits per heavy atom. The standard InChI is InChI=1S/C11H13N3O/c1-8-6-12-11(13-7-8)14-9(2)10-4-3-5-15-10/h3-7,9H,1-2H3,(H,12,13,14). The average molecular weight is 203 g/mol. The molecule has 2 heterocycles. The quantitative estimate of drug-likeness (QED) is 0.832. The normalized spacial score (nSPS) is 12.4. The van der Waals surface area contributed by atoms with E-state index in [2.05, 4.69) is 15.3 Å². The zero-order valence-electron chi connectivity index (χ0n) is 8.77. The molecule has 15 heavy (non-hydrogen) atoms. The Labute approximate surface area is 88.4 Å². The van der Waals surface area contributed by atoms with Crippen LogP contribution in [0.4, 0.5) is 5.95 Å².